The molecule has 0 atom stereocenters. The van der Waals surface area contributed by atoms with Gasteiger partial charge in [-0.15, -0.1) is 11.3 Å². The van der Waals surface area contributed by atoms with Crippen LogP contribution >= 0.6 is 11.3 Å². The summed E-state index contributed by atoms with van der Waals surface area (Å²) in [6, 6.07) is 0. The Bertz CT molecular complexity index is 327. The molecule has 15 heavy (non-hydrogen) atoms. The number of thiazole rings is 1. The summed E-state index contributed by atoms with van der Waals surface area (Å²) in [5.41, 5.74) is 0.105. The average Bonchev–Trinajstić information content (AvgIpc) is 2.66. The maximum absolute atomic E-state index is 10.6. The standard InChI is InChI=1S/C9H14N2O3S/c1-11(4-3-5-14-2)9-10-7(6-15-9)8(12)13/h6H,3-5H2,1-2H3,(H,12,13). The summed E-state index contributed by atoms with van der Waals surface area (Å²) in [7, 11) is 3.55. The van der Waals surface area contributed by atoms with Gasteiger partial charge in [0.05, 0.1) is 0 Å². The Hall–Kier alpha value is -1.14. The molecule has 6 heteroatoms. The minimum Gasteiger partial charge on any atom is -0.476 e. The number of aromatic nitrogens is 1. The topological polar surface area (TPSA) is 62.7 Å². The van der Waals surface area contributed by atoms with E-state index in [2.05, 4.69) is 4.98 Å². The molecule has 0 fully saturated rings. The third-order valence-corrected chi connectivity index (χ3v) is 2.83. The van der Waals surface area contributed by atoms with Crippen LogP contribution in [0.25, 0.3) is 0 Å². The lowest BCUT2D eigenvalue weighted by Gasteiger charge is -2.14. The lowest BCUT2D eigenvalue weighted by atomic mass is 10.4. The van der Waals surface area contributed by atoms with Gasteiger partial charge in [-0.3, -0.25) is 0 Å². The first-order valence-electron chi connectivity index (χ1n) is 4.54. The second kappa shape index (κ2) is 5.67. The molecule has 1 aromatic rings. The van der Waals surface area contributed by atoms with E-state index in [1.165, 1.54) is 11.3 Å². The Kier molecular flexibility index (Phi) is 4.51. The molecule has 0 aromatic carbocycles. The van der Waals surface area contributed by atoms with Gasteiger partial charge in [-0.05, 0) is 6.42 Å². The largest absolute Gasteiger partial charge is 0.476 e. The predicted molar refractivity (Wildman–Crippen MR) is 58.8 cm³/mol. The number of aromatic carboxylic acids is 1. The molecule has 0 radical (unpaired) electrons. The fourth-order valence-electron chi connectivity index (χ4n) is 1.08. The molecule has 5 nitrogen and oxygen atoms in total. The van der Waals surface area contributed by atoms with Gasteiger partial charge < -0.3 is 14.7 Å². The normalized spacial score (nSPS) is 10.3. The fourth-order valence-corrected chi connectivity index (χ4v) is 1.87. The van der Waals surface area contributed by atoms with Gasteiger partial charge >= 0.3 is 5.97 Å². The summed E-state index contributed by atoms with van der Waals surface area (Å²) in [5.74, 6) is -0.984. The number of anilines is 1. The zero-order valence-corrected chi connectivity index (χ0v) is 9.58. The highest BCUT2D eigenvalue weighted by Gasteiger charge is 2.11. The Morgan fingerprint density at radius 2 is 2.47 bits per heavy atom. The Morgan fingerprint density at radius 3 is 3.00 bits per heavy atom. The van der Waals surface area contributed by atoms with Crippen LogP contribution in [0.2, 0.25) is 0 Å². The van der Waals surface area contributed by atoms with Crippen molar-refractivity contribution < 1.29 is 14.6 Å². The van der Waals surface area contributed by atoms with E-state index in [4.69, 9.17) is 9.84 Å². The first kappa shape index (κ1) is 11.9. The maximum Gasteiger partial charge on any atom is 0.355 e. The maximum atomic E-state index is 10.6. The molecule has 1 N–H and O–H groups in total. The highest BCUT2D eigenvalue weighted by atomic mass is 32.1. The second-order valence-corrected chi connectivity index (χ2v) is 3.92. The van der Waals surface area contributed by atoms with E-state index in [-0.39, 0.29) is 5.69 Å². The zero-order chi connectivity index (χ0) is 11.3. The summed E-state index contributed by atoms with van der Waals surface area (Å²) in [4.78, 5) is 16.5. The number of carbonyl (C=O) groups is 1. The molecule has 1 heterocycles. The molecule has 1 rings (SSSR count). The van der Waals surface area contributed by atoms with Crippen molar-refractivity contribution >= 4 is 22.4 Å². The van der Waals surface area contributed by atoms with E-state index in [0.717, 1.165) is 18.1 Å². The quantitative estimate of drug-likeness (QED) is 0.747. The fraction of sp³-hybridized carbons (Fsp3) is 0.556. The predicted octanol–water partition coefficient (Wildman–Crippen LogP) is 1.31. The van der Waals surface area contributed by atoms with Gasteiger partial charge in [0, 0.05) is 32.7 Å². The van der Waals surface area contributed by atoms with Crippen molar-refractivity contribution in [3.05, 3.63) is 11.1 Å². The molecule has 0 aliphatic heterocycles. The van der Waals surface area contributed by atoms with Gasteiger partial charge in [0.15, 0.2) is 10.8 Å². The van der Waals surface area contributed by atoms with Crippen molar-refractivity contribution in [2.24, 2.45) is 0 Å². The minimum absolute atomic E-state index is 0.105. The van der Waals surface area contributed by atoms with Crippen LogP contribution in [0.5, 0.6) is 0 Å². The van der Waals surface area contributed by atoms with Gasteiger partial charge in [-0.2, -0.15) is 0 Å². The van der Waals surface area contributed by atoms with E-state index in [9.17, 15) is 4.79 Å². The van der Waals surface area contributed by atoms with E-state index in [1.54, 1.807) is 12.5 Å². The van der Waals surface area contributed by atoms with Crippen molar-refractivity contribution in [3.63, 3.8) is 0 Å². The molecular formula is C9H14N2O3S. The second-order valence-electron chi connectivity index (χ2n) is 3.09. The van der Waals surface area contributed by atoms with Gasteiger partial charge in [0.25, 0.3) is 0 Å². The van der Waals surface area contributed by atoms with E-state index >= 15 is 0 Å². The minimum atomic E-state index is -0.984. The molecule has 1 aromatic heterocycles. The molecule has 0 saturated carbocycles. The molecule has 0 amide bonds. The first-order chi connectivity index (χ1) is 7.15. The summed E-state index contributed by atoms with van der Waals surface area (Å²) in [6.45, 7) is 1.50. The number of hydrogen-bond donors (Lipinski definition) is 1. The molecule has 0 spiro atoms. The number of methoxy groups -OCH3 is 1. The van der Waals surface area contributed by atoms with Gasteiger partial charge in [0.1, 0.15) is 0 Å². The monoisotopic (exact) mass is 230 g/mol. The van der Waals surface area contributed by atoms with Crippen LogP contribution in [0.3, 0.4) is 0 Å². The van der Waals surface area contributed by atoms with Crippen molar-refractivity contribution in [2.45, 2.75) is 6.42 Å². The molecular weight excluding hydrogens is 216 g/mol. The van der Waals surface area contributed by atoms with Crippen LogP contribution in [0.1, 0.15) is 16.9 Å². The smallest absolute Gasteiger partial charge is 0.355 e. The summed E-state index contributed by atoms with van der Waals surface area (Å²) in [6.07, 6.45) is 0.898. The van der Waals surface area contributed by atoms with Crippen LogP contribution in [0, 0.1) is 0 Å². The number of carboxylic acids is 1. The van der Waals surface area contributed by atoms with E-state index < -0.39 is 5.97 Å². The highest BCUT2D eigenvalue weighted by Crippen LogP contribution is 2.19. The van der Waals surface area contributed by atoms with Gasteiger partial charge in [0.2, 0.25) is 0 Å². The van der Waals surface area contributed by atoms with Crippen molar-refractivity contribution in [2.75, 3.05) is 32.2 Å². The highest BCUT2D eigenvalue weighted by molar-refractivity contribution is 7.13. The molecule has 0 unspecified atom stereocenters. The van der Waals surface area contributed by atoms with Crippen molar-refractivity contribution in [3.8, 4) is 0 Å². The Labute approximate surface area is 92.3 Å². The Morgan fingerprint density at radius 1 is 1.73 bits per heavy atom. The van der Waals surface area contributed by atoms with Crippen LogP contribution in [-0.4, -0.2) is 43.4 Å². The van der Waals surface area contributed by atoms with Crippen molar-refractivity contribution in [1.29, 1.82) is 0 Å². The van der Waals surface area contributed by atoms with E-state index in [0.29, 0.717) is 6.61 Å². The Balaban J connectivity index is 2.50. The number of nitrogens with zero attached hydrogens (tertiary/aromatic N) is 2. The summed E-state index contributed by atoms with van der Waals surface area (Å²) in [5, 5.41) is 11.0. The molecule has 84 valence electrons. The summed E-state index contributed by atoms with van der Waals surface area (Å²) >= 11 is 1.34. The number of carboxylic acid groups (broad SMARTS) is 1. The van der Waals surface area contributed by atoms with Crippen LogP contribution in [0.4, 0.5) is 5.13 Å². The third kappa shape index (κ3) is 3.49. The first-order valence-corrected chi connectivity index (χ1v) is 5.42. The third-order valence-electron chi connectivity index (χ3n) is 1.88. The lowest BCUT2D eigenvalue weighted by molar-refractivity contribution is 0.0691. The van der Waals surface area contributed by atoms with Crippen molar-refractivity contribution in [1.82, 2.24) is 4.98 Å². The number of hydrogen-bond acceptors (Lipinski definition) is 5. The SMILES string of the molecule is COCCCN(C)c1nc(C(=O)O)cs1. The zero-order valence-electron chi connectivity index (χ0n) is 8.77. The van der Waals surface area contributed by atoms with Crippen LogP contribution < -0.4 is 4.90 Å². The molecule has 0 bridgehead atoms. The van der Waals surface area contributed by atoms with Gasteiger partial charge in [-0.25, -0.2) is 9.78 Å². The average molecular weight is 230 g/mol. The van der Waals surface area contributed by atoms with Crippen LogP contribution in [0.15, 0.2) is 5.38 Å². The summed E-state index contributed by atoms with van der Waals surface area (Å²) < 4.78 is 4.93. The molecule has 0 aliphatic rings. The van der Waals surface area contributed by atoms with Crippen LogP contribution in [-0.2, 0) is 4.74 Å². The molecule has 0 aliphatic carbocycles. The van der Waals surface area contributed by atoms with Gasteiger partial charge in [-0.1, -0.05) is 0 Å². The molecule has 0 saturated heterocycles. The lowest BCUT2D eigenvalue weighted by Crippen LogP contribution is -2.19. The number of rotatable bonds is 6. The number of ether oxygens (including phenoxy) is 1. The van der Waals surface area contributed by atoms with E-state index in [1.807, 2.05) is 11.9 Å².